The third-order valence-corrected chi connectivity index (χ3v) is 4.31. The number of aliphatic imine (C=N–C) groups is 2. The second-order valence-corrected chi connectivity index (χ2v) is 5.83. The van der Waals surface area contributed by atoms with E-state index in [0.29, 0.717) is 18.9 Å². The van der Waals surface area contributed by atoms with Gasteiger partial charge in [0.1, 0.15) is 11.4 Å². The van der Waals surface area contributed by atoms with Crippen LogP contribution < -0.4 is 16.4 Å². The number of nitrogens with zero attached hydrogens (tertiary/aromatic N) is 4. The summed E-state index contributed by atoms with van der Waals surface area (Å²) in [6.07, 6.45) is 3.64. The standard InChI is InChI=1S/C14H16F2N6O2/c15-8-6-10(11(22(23)24)7-9(8)16)21-13(18)19-12(17)20-14(21)4-2-1-3-5-14/h6-7H,1-5H2,(H4,17,18,19,20). The topological polar surface area (TPSA) is 123 Å². The molecule has 1 aliphatic heterocycles. The summed E-state index contributed by atoms with van der Waals surface area (Å²) in [5.41, 5.74) is 9.90. The Kier molecular flexibility index (Phi) is 3.82. The Hall–Kier alpha value is -2.78. The molecule has 8 nitrogen and oxygen atoms in total. The lowest BCUT2D eigenvalue weighted by atomic mass is 9.87. The molecule has 1 aliphatic carbocycles. The minimum atomic E-state index is -1.31. The molecule has 1 aromatic carbocycles. The van der Waals surface area contributed by atoms with Crippen molar-refractivity contribution in [2.75, 3.05) is 4.90 Å². The highest BCUT2D eigenvalue weighted by Gasteiger charge is 2.45. The maximum atomic E-state index is 13.8. The van der Waals surface area contributed by atoms with E-state index >= 15 is 0 Å². The van der Waals surface area contributed by atoms with E-state index in [1.807, 2.05) is 0 Å². The molecule has 1 spiro atoms. The number of benzene rings is 1. The molecule has 1 aromatic rings. The number of anilines is 1. The average molecular weight is 338 g/mol. The monoisotopic (exact) mass is 338 g/mol. The number of halogens is 2. The normalized spacial score (nSPS) is 19.8. The first kappa shape index (κ1) is 16.1. The Labute approximate surface area is 136 Å². The number of nitrogens with two attached hydrogens (primary N) is 2. The van der Waals surface area contributed by atoms with Crippen molar-refractivity contribution < 1.29 is 13.7 Å². The van der Waals surface area contributed by atoms with Crippen molar-refractivity contribution in [1.82, 2.24) is 0 Å². The third-order valence-electron chi connectivity index (χ3n) is 4.31. The van der Waals surface area contributed by atoms with E-state index in [2.05, 4.69) is 9.98 Å². The maximum Gasteiger partial charge on any atom is 0.296 e. The summed E-state index contributed by atoms with van der Waals surface area (Å²) >= 11 is 0. The highest BCUT2D eigenvalue weighted by atomic mass is 19.2. The molecule has 3 rings (SSSR count). The fourth-order valence-electron chi connectivity index (χ4n) is 3.32. The van der Waals surface area contributed by atoms with Crippen LogP contribution in [0.4, 0.5) is 20.2 Å². The van der Waals surface area contributed by atoms with Crippen LogP contribution in [0, 0.1) is 21.7 Å². The van der Waals surface area contributed by atoms with Crippen LogP contribution in [0.25, 0.3) is 0 Å². The van der Waals surface area contributed by atoms with Gasteiger partial charge in [-0.15, -0.1) is 0 Å². The summed E-state index contributed by atoms with van der Waals surface area (Å²) in [6, 6.07) is 1.29. The molecule has 4 N–H and O–H groups in total. The van der Waals surface area contributed by atoms with Crippen LogP contribution in [0.15, 0.2) is 22.1 Å². The number of hydrogen-bond donors (Lipinski definition) is 2. The van der Waals surface area contributed by atoms with Gasteiger partial charge in [0, 0.05) is 6.07 Å². The Balaban J connectivity index is 2.21. The first-order valence-electron chi connectivity index (χ1n) is 7.47. The Morgan fingerprint density at radius 2 is 1.79 bits per heavy atom. The zero-order valence-electron chi connectivity index (χ0n) is 12.7. The molecule has 0 aromatic heterocycles. The quantitative estimate of drug-likeness (QED) is 0.630. The predicted octanol–water partition coefficient (Wildman–Crippen LogP) is 1.98. The van der Waals surface area contributed by atoms with E-state index in [9.17, 15) is 18.9 Å². The van der Waals surface area contributed by atoms with Gasteiger partial charge in [0.15, 0.2) is 11.6 Å². The lowest BCUT2D eigenvalue weighted by Gasteiger charge is -2.45. The number of nitro groups is 1. The van der Waals surface area contributed by atoms with Crippen LogP contribution in [0.3, 0.4) is 0 Å². The highest BCUT2D eigenvalue weighted by molar-refractivity contribution is 6.06. The molecule has 0 amide bonds. The van der Waals surface area contributed by atoms with Crippen molar-refractivity contribution in [2.24, 2.45) is 21.5 Å². The van der Waals surface area contributed by atoms with E-state index in [0.717, 1.165) is 25.3 Å². The van der Waals surface area contributed by atoms with Gasteiger partial charge in [0.2, 0.25) is 11.9 Å². The molecular formula is C14H16F2N6O2. The Bertz CT molecular complexity index is 758. The SMILES string of the molecule is NC1=NC2(CCCCC2)N(c2cc(F)c(F)cc2[N+](=O)[O-])C(N)=N1. The van der Waals surface area contributed by atoms with Gasteiger partial charge in [-0.1, -0.05) is 6.42 Å². The van der Waals surface area contributed by atoms with Crippen molar-refractivity contribution in [3.05, 3.63) is 33.9 Å². The van der Waals surface area contributed by atoms with Crippen molar-refractivity contribution >= 4 is 23.3 Å². The first-order chi connectivity index (χ1) is 11.3. The van der Waals surface area contributed by atoms with E-state index in [4.69, 9.17) is 11.5 Å². The molecule has 1 fully saturated rings. The van der Waals surface area contributed by atoms with E-state index in [1.54, 1.807) is 0 Å². The first-order valence-corrected chi connectivity index (χ1v) is 7.47. The molecule has 24 heavy (non-hydrogen) atoms. The minimum absolute atomic E-state index is 0.0316. The Morgan fingerprint density at radius 3 is 2.42 bits per heavy atom. The third kappa shape index (κ3) is 2.53. The molecule has 1 saturated carbocycles. The largest absolute Gasteiger partial charge is 0.369 e. The summed E-state index contributed by atoms with van der Waals surface area (Å²) in [5.74, 6) is -2.68. The van der Waals surface area contributed by atoms with E-state index in [1.165, 1.54) is 4.90 Å². The van der Waals surface area contributed by atoms with Gasteiger partial charge in [0.05, 0.1) is 11.0 Å². The molecule has 1 heterocycles. The van der Waals surface area contributed by atoms with Crippen LogP contribution in [-0.2, 0) is 0 Å². The van der Waals surface area contributed by atoms with Crippen molar-refractivity contribution in [2.45, 2.75) is 37.8 Å². The molecule has 0 unspecified atom stereocenters. The fourth-order valence-corrected chi connectivity index (χ4v) is 3.32. The highest BCUT2D eigenvalue weighted by Crippen LogP contribution is 2.42. The molecule has 0 bridgehead atoms. The maximum absolute atomic E-state index is 13.8. The van der Waals surface area contributed by atoms with Crippen molar-refractivity contribution in [3.63, 3.8) is 0 Å². The van der Waals surface area contributed by atoms with Gasteiger partial charge in [-0.2, -0.15) is 4.99 Å². The fraction of sp³-hybridized carbons (Fsp3) is 0.429. The average Bonchev–Trinajstić information content (AvgIpc) is 2.50. The lowest BCUT2D eigenvalue weighted by molar-refractivity contribution is -0.384. The summed E-state index contributed by atoms with van der Waals surface area (Å²) < 4.78 is 27.2. The number of hydrogen-bond acceptors (Lipinski definition) is 7. The number of rotatable bonds is 2. The molecule has 0 saturated heterocycles. The molecule has 2 aliphatic rings. The summed E-state index contributed by atoms with van der Waals surface area (Å²) in [7, 11) is 0. The molecule has 0 radical (unpaired) electrons. The molecule has 0 atom stereocenters. The smallest absolute Gasteiger partial charge is 0.296 e. The van der Waals surface area contributed by atoms with Gasteiger partial charge in [0.25, 0.3) is 5.69 Å². The summed E-state index contributed by atoms with van der Waals surface area (Å²) in [5, 5.41) is 11.3. The van der Waals surface area contributed by atoms with Gasteiger partial charge in [-0.25, -0.2) is 13.8 Å². The Morgan fingerprint density at radius 1 is 1.17 bits per heavy atom. The van der Waals surface area contributed by atoms with Crippen LogP contribution in [0.1, 0.15) is 32.1 Å². The van der Waals surface area contributed by atoms with Gasteiger partial charge < -0.3 is 11.5 Å². The van der Waals surface area contributed by atoms with E-state index in [-0.39, 0.29) is 17.6 Å². The zero-order chi connectivity index (χ0) is 17.5. The number of guanidine groups is 2. The van der Waals surface area contributed by atoms with Crippen molar-refractivity contribution in [1.29, 1.82) is 0 Å². The van der Waals surface area contributed by atoms with Crippen LogP contribution in [-0.4, -0.2) is 22.5 Å². The number of nitro benzene ring substituents is 1. The zero-order valence-corrected chi connectivity index (χ0v) is 12.7. The van der Waals surface area contributed by atoms with Crippen LogP contribution >= 0.6 is 0 Å². The minimum Gasteiger partial charge on any atom is -0.369 e. The van der Waals surface area contributed by atoms with Gasteiger partial charge >= 0.3 is 0 Å². The second-order valence-electron chi connectivity index (χ2n) is 5.83. The van der Waals surface area contributed by atoms with Crippen LogP contribution in [0.5, 0.6) is 0 Å². The second kappa shape index (κ2) is 5.69. The van der Waals surface area contributed by atoms with Gasteiger partial charge in [-0.05, 0) is 25.7 Å². The summed E-state index contributed by atoms with van der Waals surface area (Å²) in [4.78, 5) is 20.0. The molecule has 10 heteroatoms. The molecular weight excluding hydrogens is 322 g/mol. The van der Waals surface area contributed by atoms with Crippen LogP contribution in [0.2, 0.25) is 0 Å². The molecule has 128 valence electrons. The lowest BCUT2D eigenvalue weighted by Crippen LogP contribution is -2.58. The van der Waals surface area contributed by atoms with Crippen molar-refractivity contribution in [3.8, 4) is 0 Å². The van der Waals surface area contributed by atoms with Gasteiger partial charge in [-0.3, -0.25) is 15.0 Å². The summed E-state index contributed by atoms with van der Waals surface area (Å²) in [6.45, 7) is 0. The van der Waals surface area contributed by atoms with E-state index < -0.39 is 27.9 Å². The predicted molar refractivity (Wildman–Crippen MR) is 84.6 cm³/mol.